The number of hydrogen-bond donors (Lipinski definition) is 1. The van der Waals surface area contributed by atoms with Crippen LogP contribution in [0.1, 0.15) is 41.5 Å². The molecule has 1 amide bonds. The SMILES string of the molecule is Cc1cc(C)c(C)c(S(=O)(=O)N2CCC(C(=O)NCCCn3ccnc3)CC2)c1C. The van der Waals surface area contributed by atoms with E-state index in [9.17, 15) is 13.2 Å². The molecule has 30 heavy (non-hydrogen) atoms. The van der Waals surface area contributed by atoms with Gasteiger partial charge in [0.2, 0.25) is 15.9 Å². The molecule has 7 nitrogen and oxygen atoms in total. The first kappa shape index (κ1) is 22.5. The maximum Gasteiger partial charge on any atom is 0.243 e. The Kier molecular flexibility index (Phi) is 6.98. The number of carbonyl (C=O) groups is 1. The van der Waals surface area contributed by atoms with E-state index in [1.807, 2.05) is 44.5 Å². The van der Waals surface area contributed by atoms with Crippen LogP contribution >= 0.6 is 0 Å². The first-order valence-corrected chi connectivity index (χ1v) is 12.0. The van der Waals surface area contributed by atoms with Gasteiger partial charge in [-0.25, -0.2) is 13.4 Å². The number of carbonyl (C=O) groups excluding carboxylic acids is 1. The molecule has 1 aromatic heterocycles. The lowest BCUT2D eigenvalue weighted by molar-refractivity contribution is -0.126. The molecule has 1 N–H and O–H groups in total. The van der Waals surface area contributed by atoms with Crippen LogP contribution in [0.3, 0.4) is 0 Å². The number of benzene rings is 1. The standard InChI is InChI=1S/C22H32N4O3S/c1-16-14-17(2)19(4)21(18(16)3)30(28,29)26-11-6-20(7-12-26)22(27)24-8-5-10-25-13-9-23-15-25/h9,13-15,20H,5-8,10-12H2,1-4H3,(H,24,27). The maximum atomic E-state index is 13.4. The highest BCUT2D eigenvalue weighted by molar-refractivity contribution is 7.89. The van der Waals surface area contributed by atoms with Crippen LogP contribution in [0.15, 0.2) is 29.7 Å². The smallest absolute Gasteiger partial charge is 0.243 e. The summed E-state index contributed by atoms with van der Waals surface area (Å²) in [6.07, 6.45) is 7.33. The van der Waals surface area contributed by atoms with Crippen molar-refractivity contribution in [1.29, 1.82) is 0 Å². The number of nitrogens with one attached hydrogen (secondary N) is 1. The average Bonchev–Trinajstić information content (AvgIpc) is 3.23. The van der Waals surface area contributed by atoms with E-state index in [2.05, 4.69) is 10.3 Å². The summed E-state index contributed by atoms with van der Waals surface area (Å²) < 4.78 is 30.2. The third-order valence-corrected chi connectivity index (χ3v) is 8.34. The minimum absolute atomic E-state index is 0.0245. The summed E-state index contributed by atoms with van der Waals surface area (Å²) in [5.74, 6) is -0.109. The Morgan fingerprint density at radius 2 is 1.77 bits per heavy atom. The highest BCUT2D eigenvalue weighted by Crippen LogP contribution is 2.31. The van der Waals surface area contributed by atoms with Crippen molar-refractivity contribution in [3.8, 4) is 0 Å². The van der Waals surface area contributed by atoms with Crippen LogP contribution in [0.5, 0.6) is 0 Å². The summed E-state index contributed by atoms with van der Waals surface area (Å²) in [6.45, 7) is 9.82. The number of piperidine rings is 1. The molecule has 3 rings (SSSR count). The second-order valence-electron chi connectivity index (χ2n) is 8.21. The molecule has 164 valence electrons. The van der Waals surface area contributed by atoms with Gasteiger partial charge in [-0.2, -0.15) is 4.31 Å². The molecule has 1 fully saturated rings. The molecule has 0 unspecified atom stereocenters. The third kappa shape index (κ3) is 4.75. The minimum atomic E-state index is -3.57. The van der Waals surface area contributed by atoms with Crippen LogP contribution < -0.4 is 5.32 Å². The molecule has 0 bridgehead atoms. The zero-order valence-electron chi connectivity index (χ0n) is 18.3. The van der Waals surface area contributed by atoms with Gasteiger partial charge in [0.1, 0.15) is 0 Å². The van der Waals surface area contributed by atoms with Gasteiger partial charge in [-0.1, -0.05) is 6.07 Å². The molecule has 0 atom stereocenters. The van der Waals surface area contributed by atoms with E-state index in [1.54, 1.807) is 16.8 Å². The highest BCUT2D eigenvalue weighted by atomic mass is 32.2. The molecule has 8 heteroatoms. The van der Waals surface area contributed by atoms with Gasteiger partial charge in [0, 0.05) is 44.5 Å². The molecule has 1 aromatic carbocycles. The fraction of sp³-hybridized carbons (Fsp3) is 0.545. The van der Waals surface area contributed by atoms with Crippen molar-refractivity contribution in [2.24, 2.45) is 5.92 Å². The lowest BCUT2D eigenvalue weighted by Gasteiger charge is -2.31. The topological polar surface area (TPSA) is 84.3 Å². The Labute approximate surface area is 179 Å². The molecule has 1 aliphatic heterocycles. The van der Waals surface area contributed by atoms with Crippen molar-refractivity contribution in [3.05, 3.63) is 47.0 Å². The van der Waals surface area contributed by atoms with Crippen LogP contribution in [-0.2, 0) is 21.4 Å². The monoisotopic (exact) mass is 432 g/mol. The van der Waals surface area contributed by atoms with Crippen molar-refractivity contribution in [2.45, 2.75) is 58.4 Å². The van der Waals surface area contributed by atoms with E-state index in [1.165, 1.54) is 0 Å². The summed E-state index contributed by atoms with van der Waals surface area (Å²) in [4.78, 5) is 16.9. The van der Waals surface area contributed by atoms with E-state index in [0.29, 0.717) is 37.4 Å². The van der Waals surface area contributed by atoms with Gasteiger partial charge >= 0.3 is 0 Å². The number of amides is 1. The average molecular weight is 433 g/mol. The maximum absolute atomic E-state index is 13.4. The van der Waals surface area contributed by atoms with Gasteiger partial charge in [0.25, 0.3) is 0 Å². The van der Waals surface area contributed by atoms with Gasteiger partial charge in [0.15, 0.2) is 0 Å². The number of nitrogens with zero attached hydrogens (tertiary/aromatic N) is 3. The Morgan fingerprint density at radius 3 is 2.33 bits per heavy atom. The zero-order valence-corrected chi connectivity index (χ0v) is 19.1. The Morgan fingerprint density at radius 1 is 1.13 bits per heavy atom. The summed E-state index contributed by atoms with van der Waals surface area (Å²) in [5.41, 5.74) is 3.61. The Hall–Kier alpha value is -2.19. The second-order valence-corrected chi connectivity index (χ2v) is 10.1. The summed E-state index contributed by atoms with van der Waals surface area (Å²) in [5, 5.41) is 2.99. The largest absolute Gasteiger partial charge is 0.356 e. The molecular formula is C22H32N4O3S. The van der Waals surface area contributed by atoms with Crippen LogP contribution in [-0.4, -0.2) is 47.8 Å². The fourth-order valence-electron chi connectivity index (χ4n) is 4.09. The van der Waals surface area contributed by atoms with Gasteiger partial charge in [-0.15, -0.1) is 0 Å². The number of aryl methyl sites for hydroxylation is 3. The van der Waals surface area contributed by atoms with Gasteiger partial charge in [-0.3, -0.25) is 4.79 Å². The molecule has 0 saturated carbocycles. The van der Waals surface area contributed by atoms with Crippen molar-refractivity contribution in [2.75, 3.05) is 19.6 Å². The van der Waals surface area contributed by atoms with Gasteiger partial charge in [0.05, 0.1) is 11.2 Å². The predicted octanol–water partition coefficient (Wildman–Crippen LogP) is 2.72. The van der Waals surface area contributed by atoms with Gasteiger partial charge in [-0.05, 0) is 69.2 Å². The number of imidazole rings is 1. The van der Waals surface area contributed by atoms with E-state index >= 15 is 0 Å². The van der Waals surface area contributed by atoms with E-state index < -0.39 is 10.0 Å². The van der Waals surface area contributed by atoms with Gasteiger partial charge < -0.3 is 9.88 Å². The molecule has 0 spiro atoms. The van der Waals surface area contributed by atoms with E-state index in [0.717, 1.165) is 35.2 Å². The minimum Gasteiger partial charge on any atom is -0.356 e. The van der Waals surface area contributed by atoms with Crippen LogP contribution in [0.25, 0.3) is 0 Å². The summed E-state index contributed by atoms with van der Waals surface area (Å²) in [6, 6.07) is 2.03. The van der Waals surface area contributed by atoms with E-state index in [4.69, 9.17) is 0 Å². The summed E-state index contributed by atoms with van der Waals surface area (Å²) >= 11 is 0. The Bertz CT molecular complexity index is 966. The first-order chi connectivity index (χ1) is 14.2. The molecular weight excluding hydrogens is 400 g/mol. The van der Waals surface area contributed by atoms with Crippen molar-refractivity contribution >= 4 is 15.9 Å². The van der Waals surface area contributed by atoms with Crippen molar-refractivity contribution in [3.63, 3.8) is 0 Å². The van der Waals surface area contributed by atoms with Crippen LogP contribution in [0.2, 0.25) is 0 Å². The van der Waals surface area contributed by atoms with E-state index in [-0.39, 0.29) is 11.8 Å². The first-order valence-electron chi connectivity index (χ1n) is 10.5. The molecule has 1 saturated heterocycles. The predicted molar refractivity (Wildman–Crippen MR) is 117 cm³/mol. The number of aromatic nitrogens is 2. The second kappa shape index (κ2) is 9.31. The van der Waals surface area contributed by atoms with Crippen molar-refractivity contribution < 1.29 is 13.2 Å². The number of sulfonamides is 1. The summed E-state index contributed by atoms with van der Waals surface area (Å²) in [7, 11) is -3.57. The highest BCUT2D eigenvalue weighted by Gasteiger charge is 2.34. The quantitative estimate of drug-likeness (QED) is 0.682. The molecule has 0 radical (unpaired) electrons. The molecule has 1 aliphatic rings. The Balaban J connectivity index is 1.56. The van der Waals surface area contributed by atoms with Crippen LogP contribution in [0, 0.1) is 33.6 Å². The normalized spacial score (nSPS) is 16.0. The molecule has 0 aliphatic carbocycles. The number of hydrogen-bond acceptors (Lipinski definition) is 4. The molecule has 2 aromatic rings. The van der Waals surface area contributed by atoms with Crippen molar-refractivity contribution in [1.82, 2.24) is 19.2 Å². The number of rotatable bonds is 7. The third-order valence-electron chi connectivity index (χ3n) is 6.17. The van der Waals surface area contributed by atoms with Crippen LogP contribution in [0.4, 0.5) is 0 Å². The lowest BCUT2D eigenvalue weighted by atomic mass is 9.97. The molecule has 2 heterocycles. The fourth-order valence-corrected chi connectivity index (χ4v) is 6.14. The zero-order chi connectivity index (χ0) is 21.9. The lowest BCUT2D eigenvalue weighted by Crippen LogP contribution is -2.43.